The van der Waals surface area contributed by atoms with Crippen molar-refractivity contribution in [3.63, 3.8) is 0 Å². The van der Waals surface area contributed by atoms with E-state index in [9.17, 15) is 4.79 Å². The normalized spacial score (nSPS) is 17.4. The van der Waals surface area contributed by atoms with Gasteiger partial charge >= 0.3 is 5.97 Å². The summed E-state index contributed by atoms with van der Waals surface area (Å²) >= 11 is 0. The maximum absolute atomic E-state index is 11.6. The number of carbonyl (C=O) groups excluding carboxylic acids is 1. The number of carbonyl (C=O) groups is 1. The Kier molecular flexibility index (Phi) is 5.40. The lowest BCUT2D eigenvalue weighted by Crippen LogP contribution is -2.21. The monoisotopic (exact) mass is 211 g/mol. The summed E-state index contributed by atoms with van der Waals surface area (Å²) in [6, 6.07) is 0. The molecular formula is C12H21NO2. The molecule has 1 aliphatic carbocycles. The smallest absolute Gasteiger partial charge is 0.333 e. The van der Waals surface area contributed by atoms with Crippen molar-refractivity contribution >= 4 is 5.97 Å². The fourth-order valence-electron chi connectivity index (χ4n) is 1.84. The van der Waals surface area contributed by atoms with Gasteiger partial charge in [0.25, 0.3) is 0 Å². The van der Waals surface area contributed by atoms with Crippen molar-refractivity contribution < 1.29 is 9.53 Å². The summed E-state index contributed by atoms with van der Waals surface area (Å²) in [5, 5.41) is 0. The maximum Gasteiger partial charge on any atom is 0.333 e. The number of hydrogen-bond acceptors (Lipinski definition) is 3. The summed E-state index contributed by atoms with van der Waals surface area (Å²) in [5.74, 6) is -0.227. The molecule has 1 rings (SSSR count). The van der Waals surface area contributed by atoms with Crippen molar-refractivity contribution in [1.82, 2.24) is 0 Å². The van der Waals surface area contributed by atoms with Crippen molar-refractivity contribution in [1.29, 1.82) is 0 Å². The van der Waals surface area contributed by atoms with E-state index in [1.807, 2.05) is 0 Å². The van der Waals surface area contributed by atoms with E-state index in [1.165, 1.54) is 19.3 Å². The highest BCUT2D eigenvalue weighted by molar-refractivity contribution is 5.87. The van der Waals surface area contributed by atoms with Crippen LogP contribution < -0.4 is 5.73 Å². The first-order valence-corrected chi connectivity index (χ1v) is 5.83. The lowest BCUT2D eigenvalue weighted by Gasteiger charge is -2.22. The van der Waals surface area contributed by atoms with Gasteiger partial charge in [0.05, 0.1) is 0 Å². The molecule has 15 heavy (non-hydrogen) atoms. The summed E-state index contributed by atoms with van der Waals surface area (Å²) in [6.07, 6.45) is 7.22. The Morgan fingerprint density at radius 3 is 2.60 bits per heavy atom. The van der Waals surface area contributed by atoms with Crippen molar-refractivity contribution in [3.05, 3.63) is 12.2 Å². The maximum atomic E-state index is 11.6. The fraction of sp³-hybridized carbons (Fsp3) is 0.750. The zero-order chi connectivity index (χ0) is 11.1. The molecule has 0 radical (unpaired) electrons. The highest BCUT2D eigenvalue weighted by Gasteiger charge is 2.18. The van der Waals surface area contributed by atoms with E-state index in [0.717, 1.165) is 19.3 Å². The average molecular weight is 211 g/mol. The largest absolute Gasteiger partial charge is 0.459 e. The molecule has 0 atom stereocenters. The molecule has 0 unspecified atom stereocenters. The lowest BCUT2D eigenvalue weighted by atomic mass is 9.98. The number of hydrogen-bond donors (Lipinski definition) is 1. The minimum atomic E-state index is -0.227. The fourth-order valence-corrected chi connectivity index (χ4v) is 1.84. The Labute approximate surface area is 91.7 Å². The Morgan fingerprint density at radius 1 is 1.33 bits per heavy atom. The van der Waals surface area contributed by atoms with Crippen LogP contribution in [0.1, 0.15) is 44.9 Å². The van der Waals surface area contributed by atoms with Gasteiger partial charge in [-0.25, -0.2) is 4.79 Å². The molecule has 0 aromatic carbocycles. The molecule has 1 aliphatic rings. The van der Waals surface area contributed by atoms with Gasteiger partial charge in [-0.1, -0.05) is 13.0 Å². The van der Waals surface area contributed by atoms with Gasteiger partial charge in [-0.15, -0.1) is 0 Å². The van der Waals surface area contributed by atoms with E-state index < -0.39 is 0 Å². The standard InChI is InChI=1S/C12H21NO2/c1-10(6-5-9-13)12(14)15-11-7-3-2-4-8-11/h11H,1-9,13H2. The van der Waals surface area contributed by atoms with Gasteiger partial charge in [0, 0.05) is 5.57 Å². The second-order valence-electron chi connectivity index (χ2n) is 4.16. The predicted molar refractivity (Wildman–Crippen MR) is 60.4 cm³/mol. The van der Waals surface area contributed by atoms with Gasteiger partial charge in [0.15, 0.2) is 0 Å². The molecule has 0 bridgehead atoms. The van der Waals surface area contributed by atoms with Crippen molar-refractivity contribution in [2.45, 2.75) is 51.0 Å². The summed E-state index contributed by atoms with van der Waals surface area (Å²) in [7, 11) is 0. The Bertz CT molecular complexity index is 220. The van der Waals surface area contributed by atoms with E-state index >= 15 is 0 Å². The van der Waals surface area contributed by atoms with Crippen LogP contribution in [0.4, 0.5) is 0 Å². The van der Waals surface area contributed by atoms with Crippen LogP contribution in [0.5, 0.6) is 0 Å². The third kappa shape index (κ3) is 4.47. The summed E-state index contributed by atoms with van der Waals surface area (Å²) < 4.78 is 5.37. The van der Waals surface area contributed by atoms with E-state index in [0.29, 0.717) is 18.5 Å². The van der Waals surface area contributed by atoms with Crippen molar-refractivity contribution in [3.8, 4) is 0 Å². The summed E-state index contributed by atoms with van der Waals surface area (Å²) in [6.45, 7) is 4.32. The number of nitrogens with two attached hydrogens (primary N) is 1. The van der Waals surface area contributed by atoms with Crippen LogP contribution >= 0.6 is 0 Å². The second-order valence-corrected chi connectivity index (χ2v) is 4.16. The van der Waals surface area contributed by atoms with Crippen LogP contribution in [-0.2, 0) is 9.53 Å². The van der Waals surface area contributed by atoms with Gasteiger partial charge < -0.3 is 10.5 Å². The second kappa shape index (κ2) is 6.62. The molecule has 0 aliphatic heterocycles. The minimum absolute atomic E-state index is 0.126. The molecule has 0 amide bonds. The molecule has 2 N–H and O–H groups in total. The van der Waals surface area contributed by atoms with Gasteiger partial charge in [0.1, 0.15) is 6.10 Å². The van der Waals surface area contributed by atoms with E-state index in [4.69, 9.17) is 10.5 Å². The predicted octanol–water partition coefficient (Wildman–Crippen LogP) is 2.16. The van der Waals surface area contributed by atoms with Crippen LogP contribution in [0, 0.1) is 0 Å². The van der Waals surface area contributed by atoms with E-state index in [1.54, 1.807) is 0 Å². The van der Waals surface area contributed by atoms with Crippen LogP contribution in [-0.4, -0.2) is 18.6 Å². The number of rotatable bonds is 5. The molecule has 0 heterocycles. The molecule has 1 fully saturated rings. The Hall–Kier alpha value is -0.830. The number of esters is 1. The average Bonchev–Trinajstić information content (AvgIpc) is 2.27. The van der Waals surface area contributed by atoms with E-state index in [2.05, 4.69) is 6.58 Å². The summed E-state index contributed by atoms with van der Waals surface area (Å²) in [4.78, 5) is 11.6. The molecule has 3 nitrogen and oxygen atoms in total. The first-order chi connectivity index (χ1) is 7.24. The first-order valence-electron chi connectivity index (χ1n) is 5.83. The van der Waals surface area contributed by atoms with Gasteiger partial charge in [0.2, 0.25) is 0 Å². The number of ether oxygens (including phenoxy) is 1. The molecule has 0 spiro atoms. The molecule has 3 heteroatoms. The molecule has 86 valence electrons. The molecule has 0 aromatic rings. The van der Waals surface area contributed by atoms with E-state index in [-0.39, 0.29) is 12.1 Å². The zero-order valence-electron chi connectivity index (χ0n) is 9.34. The third-order valence-corrected chi connectivity index (χ3v) is 2.80. The van der Waals surface area contributed by atoms with Crippen LogP contribution in [0.2, 0.25) is 0 Å². The molecule has 0 saturated heterocycles. The van der Waals surface area contributed by atoms with Crippen LogP contribution in [0.25, 0.3) is 0 Å². The Balaban J connectivity index is 2.24. The zero-order valence-corrected chi connectivity index (χ0v) is 9.34. The minimum Gasteiger partial charge on any atom is -0.459 e. The van der Waals surface area contributed by atoms with Gasteiger partial charge in [-0.2, -0.15) is 0 Å². The van der Waals surface area contributed by atoms with Crippen molar-refractivity contribution in [2.75, 3.05) is 6.54 Å². The van der Waals surface area contributed by atoms with Crippen molar-refractivity contribution in [2.24, 2.45) is 5.73 Å². The SMILES string of the molecule is C=C(CCCN)C(=O)OC1CCCCC1. The quantitative estimate of drug-likeness (QED) is 0.560. The van der Waals surface area contributed by atoms with Gasteiger partial charge in [-0.05, 0) is 45.1 Å². The third-order valence-electron chi connectivity index (χ3n) is 2.80. The van der Waals surface area contributed by atoms with Crippen LogP contribution in [0.15, 0.2) is 12.2 Å². The molecular weight excluding hydrogens is 190 g/mol. The topological polar surface area (TPSA) is 52.3 Å². The Morgan fingerprint density at radius 2 is 2.00 bits per heavy atom. The molecule has 1 saturated carbocycles. The highest BCUT2D eigenvalue weighted by Crippen LogP contribution is 2.21. The molecule has 0 aromatic heterocycles. The summed E-state index contributed by atoms with van der Waals surface area (Å²) in [5.41, 5.74) is 5.93. The lowest BCUT2D eigenvalue weighted by molar-refractivity contribution is -0.145. The van der Waals surface area contributed by atoms with Crippen LogP contribution in [0.3, 0.4) is 0 Å². The highest BCUT2D eigenvalue weighted by atomic mass is 16.5. The first kappa shape index (κ1) is 12.2. The van der Waals surface area contributed by atoms with Gasteiger partial charge in [-0.3, -0.25) is 0 Å².